The van der Waals surface area contributed by atoms with Crippen LogP contribution >= 0.6 is 0 Å². The molecule has 0 amide bonds. The van der Waals surface area contributed by atoms with Gasteiger partial charge in [-0.2, -0.15) is 0 Å². The van der Waals surface area contributed by atoms with Gasteiger partial charge >= 0.3 is 0 Å². The van der Waals surface area contributed by atoms with Crippen molar-refractivity contribution in [2.75, 3.05) is 6.54 Å². The lowest BCUT2D eigenvalue weighted by Gasteiger charge is -2.36. The predicted octanol–water partition coefficient (Wildman–Crippen LogP) is 5.39. The standard InChI is InChI=1S/C24H26N2O/c1-2-7-21(8-3-1)19-27-23-13-11-20(12-14-23)18-26-16-5-4-10-24(26)22-9-6-15-25-17-22/h1-3,6-9,11-15,17,24H,4-5,10,16,18-19H2. The molecule has 2 aromatic carbocycles. The van der Waals surface area contributed by atoms with Crippen molar-refractivity contribution in [2.24, 2.45) is 0 Å². The number of aromatic nitrogens is 1. The molecule has 1 aromatic heterocycles. The van der Waals surface area contributed by atoms with E-state index in [0.29, 0.717) is 12.6 Å². The zero-order chi connectivity index (χ0) is 18.3. The minimum absolute atomic E-state index is 0.474. The molecule has 3 nitrogen and oxygen atoms in total. The van der Waals surface area contributed by atoms with Crippen molar-refractivity contribution in [2.45, 2.75) is 38.5 Å². The van der Waals surface area contributed by atoms with Gasteiger partial charge in [-0.05, 0) is 54.3 Å². The molecule has 0 bridgehead atoms. The van der Waals surface area contributed by atoms with Gasteiger partial charge in [-0.1, -0.05) is 55.0 Å². The molecule has 1 fully saturated rings. The Morgan fingerprint density at radius 2 is 1.74 bits per heavy atom. The molecule has 1 aliphatic rings. The molecular weight excluding hydrogens is 332 g/mol. The van der Waals surface area contributed by atoms with E-state index in [1.54, 1.807) is 0 Å². The van der Waals surface area contributed by atoms with Gasteiger partial charge in [-0.3, -0.25) is 9.88 Å². The highest BCUT2D eigenvalue weighted by molar-refractivity contribution is 5.28. The molecule has 3 heteroatoms. The number of piperidine rings is 1. The predicted molar refractivity (Wildman–Crippen MR) is 108 cm³/mol. The van der Waals surface area contributed by atoms with E-state index in [1.807, 2.05) is 36.7 Å². The second kappa shape index (κ2) is 8.83. The number of nitrogens with zero attached hydrogens (tertiary/aromatic N) is 2. The van der Waals surface area contributed by atoms with Crippen LogP contribution in [0.15, 0.2) is 79.1 Å². The molecule has 0 N–H and O–H groups in total. The highest BCUT2D eigenvalue weighted by atomic mass is 16.5. The van der Waals surface area contributed by atoms with E-state index in [9.17, 15) is 0 Å². The van der Waals surface area contributed by atoms with Crippen LogP contribution in [0.4, 0.5) is 0 Å². The summed E-state index contributed by atoms with van der Waals surface area (Å²) in [5.41, 5.74) is 3.85. The second-order valence-corrected chi connectivity index (χ2v) is 7.19. The average molecular weight is 358 g/mol. The second-order valence-electron chi connectivity index (χ2n) is 7.19. The largest absolute Gasteiger partial charge is 0.489 e. The van der Waals surface area contributed by atoms with Gasteiger partial charge in [-0.15, -0.1) is 0 Å². The van der Waals surface area contributed by atoms with Gasteiger partial charge in [-0.25, -0.2) is 0 Å². The van der Waals surface area contributed by atoms with Crippen LogP contribution in [-0.2, 0) is 13.2 Å². The first-order chi connectivity index (χ1) is 13.4. The molecule has 3 aromatic rings. The fraction of sp³-hybridized carbons (Fsp3) is 0.292. The lowest BCUT2D eigenvalue weighted by molar-refractivity contribution is 0.140. The van der Waals surface area contributed by atoms with Crippen molar-refractivity contribution < 1.29 is 4.74 Å². The first-order valence-electron chi connectivity index (χ1n) is 9.78. The van der Waals surface area contributed by atoms with E-state index >= 15 is 0 Å². The van der Waals surface area contributed by atoms with E-state index < -0.39 is 0 Å². The smallest absolute Gasteiger partial charge is 0.119 e. The summed E-state index contributed by atoms with van der Waals surface area (Å²) in [7, 11) is 0. The van der Waals surface area contributed by atoms with E-state index in [2.05, 4.69) is 52.3 Å². The fourth-order valence-electron chi connectivity index (χ4n) is 3.80. The Morgan fingerprint density at radius 1 is 0.889 bits per heavy atom. The van der Waals surface area contributed by atoms with Gasteiger partial charge in [0.1, 0.15) is 12.4 Å². The van der Waals surface area contributed by atoms with Crippen molar-refractivity contribution in [1.82, 2.24) is 9.88 Å². The summed E-state index contributed by atoms with van der Waals surface area (Å²) in [6.07, 6.45) is 7.65. The van der Waals surface area contributed by atoms with Gasteiger partial charge in [0.2, 0.25) is 0 Å². The Kier molecular flexibility index (Phi) is 5.80. The molecule has 1 atom stereocenters. The zero-order valence-corrected chi connectivity index (χ0v) is 15.6. The van der Waals surface area contributed by atoms with Crippen LogP contribution in [0, 0.1) is 0 Å². The molecule has 27 heavy (non-hydrogen) atoms. The third-order valence-corrected chi connectivity index (χ3v) is 5.24. The normalized spacial score (nSPS) is 17.6. The van der Waals surface area contributed by atoms with Crippen molar-refractivity contribution in [3.05, 3.63) is 95.8 Å². The van der Waals surface area contributed by atoms with Crippen molar-refractivity contribution >= 4 is 0 Å². The van der Waals surface area contributed by atoms with Crippen molar-refractivity contribution in [1.29, 1.82) is 0 Å². The SMILES string of the molecule is c1ccc(COc2ccc(CN3CCCCC3c3cccnc3)cc2)cc1. The number of pyridine rings is 1. The fourth-order valence-corrected chi connectivity index (χ4v) is 3.80. The summed E-state index contributed by atoms with van der Waals surface area (Å²) in [4.78, 5) is 6.90. The van der Waals surface area contributed by atoms with Crippen LogP contribution in [0.3, 0.4) is 0 Å². The third-order valence-electron chi connectivity index (χ3n) is 5.24. The van der Waals surface area contributed by atoms with E-state index in [4.69, 9.17) is 4.74 Å². The molecule has 2 heterocycles. The Morgan fingerprint density at radius 3 is 2.52 bits per heavy atom. The molecule has 0 radical (unpaired) electrons. The Labute approximate surface area is 161 Å². The van der Waals surface area contributed by atoms with Crippen LogP contribution < -0.4 is 4.74 Å². The topological polar surface area (TPSA) is 25.4 Å². The molecule has 138 valence electrons. The Balaban J connectivity index is 1.38. The molecule has 1 aliphatic heterocycles. The summed E-state index contributed by atoms with van der Waals surface area (Å²) >= 11 is 0. The summed E-state index contributed by atoms with van der Waals surface area (Å²) in [6.45, 7) is 2.72. The van der Waals surface area contributed by atoms with Gasteiger partial charge in [0.05, 0.1) is 0 Å². The maximum Gasteiger partial charge on any atom is 0.119 e. The number of hydrogen-bond donors (Lipinski definition) is 0. The van der Waals surface area contributed by atoms with Gasteiger partial charge in [0.15, 0.2) is 0 Å². The monoisotopic (exact) mass is 358 g/mol. The van der Waals surface area contributed by atoms with Crippen molar-refractivity contribution in [3.63, 3.8) is 0 Å². The van der Waals surface area contributed by atoms with Crippen LogP contribution in [0.25, 0.3) is 0 Å². The van der Waals surface area contributed by atoms with E-state index in [0.717, 1.165) is 18.8 Å². The Hall–Kier alpha value is -2.65. The third kappa shape index (κ3) is 4.75. The number of ether oxygens (including phenoxy) is 1. The number of likely N-dealkylation sites (tertiary alicyclic amines) is 1. The average Bonchev–Trinajstić information content (AvgIpc) is 2.75. The minimum Gasteiger partial charge on any atom is -0.489 e. The minimum atomic E-state index is 0.474. The summed E-state index contributed by atoms with van der Waals surface area (Å²) in [5, 5.41) is 0. The maximum atomic E-state index is 5.91. The van der Waals surface area contributed by atoms with Crippen molar-refractivity contribution in [3.8, 4) is 5.75 Å². The van der Waals surface area contributed by atoms with Crippen LogP contribution in [0.1, 0.15) is 42.0 Å². The van der Waals surface area contributed by atoms with E-state index in [-0.39, 0.29) is 0 Å². The molecular formula is C24H26N2O. The maximum absolute atomic E-state index is 5.91. The number of rotatable bonds is 6. The first kappa shape index (κ1) is 17.7. The zero-order valence-electron chi connectivity index (χ0n) is 15.6. The number of benzene rings is 2. The molecule has 4 rings (SSSR count). The summed E-state index contributed by atoms with van der Waals surface area (Å²) in [6, 6.07) is 23.5. The Bertz CT molecular complexity index is 818. The molecule has 1 unspecified atom stereocenters. The number of hydrogen-bond acceptors (Lipinski definition) is 3. The van der Waals surface area contributed by atoms with E-state index in [1.165, 1.54) is 36.0 Å². The van der Waals surface area contributed by atoms with Crippen LogP contribution in [-0.4, -0.2) is 16.4 Å². The lowest BCUT2D eigenvalue weighted by atomic mass is 9.96. The van der Waals surface area contributed by atoms with Gasteiger partial charge in [0, 0.05) is 25.0 Å². The summed E-state index contributed by atoms with van der Waals surface area (Å²) in [5.74, 6) is 0.921. The first-order valence-corrected chi connectivity index (χ1v) is 9.78. The highest BCUT2D eigenvalue weighted by Gasteiger charge is 2.23. The van der Waals surface area contributed by atoms with Gasteiger partial charge in [0.25, 0.3) is 0 Å². The summed E-state index contributed by atoms with van der Waals surface area (Å²) < 4.78 is 5.91. The lowest BCUT2D eigenvalue weighted by Crippen LogP contribution is -2.32. The van der Waals surface area contributed by atoms with Gasteiger partial charge < -0.3 is 4.74 Å². The quantitative estimate of drug-likeness (QED) is 0.591. The molecule has 1 saturated heterocycles. The highest BCUT2D eigenvalue weighted by Crippen LogP contribution is 2.31. The van der Waals surface area contributed by atoms with Crippen LogP contribution in [0.5, 0.6) is 5.75 Å². The molecule has 0 spiro atoms. The van der Waals surface area contributed by atoms with Crippen LogP contribution in [0.2, 0.25) is 0 Å². The molecule has 0 aliphatic carbocycles. The molecule has 0 saturated carbocycles.